The Balaban J connectivity index is 1.51. The maximum atomic E-state index is 14.1. The van der Waals surface area contributed by atoms with Gasteiger partial charge in [-0.2, -0.15) is 20.5 Å². The van der Waals surface area contributed by atoms with Crippen LogP contribution in [0.2, 0.25) is 0 Å². The smallest absolute Gasteiger partial charge is 0.408 e. The number of carbonyl (C=O) groups excluding carboxylic acids is 2. The number of alkyl carbamates (subject to hydrolysis) is 1. The van der Waals surface area contributed by atoms with Crippen molar-refractivity contribution in [3.63, 3.8) is 0 Å². The van der Waals surface area contributed by atoms with Crippen LogP contribution in [0.5, 0.6) is 5.75 Å². The number of rotatable bonds is 8. The first-order valence-corrected chi connectivity index (χ1v) is 12.8. The van der Waals surface area contributed by atoms with Crippen LogP contribution in [0.15, 0.2) is 48.5 Å². The Kier molecular flexibility index (Phi) is 7.96. The van der Waals surface area contributed by atoms with Crippen LogP contribution in [0.1, 0.15) is 30.4 Å². The summed E-state index contributed by atoms with van der Waals surface area (Å²) in [5, 5.41) is 2.34. The summed E-state index contributed by atoms with van der Waals surface area (Å²) < 4.78 is 78.7. The van der Waals surface area contributed by atoms with Crippen LogP contribution >= 0.6 is 11.8 Å². The summed E-state index contributed by atoms with van der Waals surface area (Å²) in [6.45, 7) is 1.13. The van der Waals surface area contributed by atoms with E-state index in [4.69, 9.17) is 4.74 Å². The van der Waals surface area contributed by atoms with Gasteiger partial charge in [-0.25, -0.2) is 22.8 Å². The molecule has 1 amide bonds. The third-order valence-corrected chi connectivity index (χ3v) is 6.95. The largest absolute Gasteiger partial charge is 0.449 e. The molecule has 4 rings (SSSR count). The van der Waals surface area contributed by atoms with E-state index in [-0.39, 0.29) is 24.7 Å². The number of nitrogens with one attached hydrogen (secondary N) is 1. The standard InChI is InChI=1S/C27H22F5NO4S/c1-27(11-12-38-2,25(34)37-24-22(31)20(29)19(28)21(30)23(24)32)33-26(35)36-13-18-16-9-5-3-7-14(16)15-8-4-6-10-17(15)18/h3-10,18H,11-13H2,1-2H3,(H,33,35). The van der Waals surface area contributed by atoms with E-state index >= 15 is 0 Å². The molecule has 38 heavy (non-hydrogen) atoms. The van der Waals surface area contributed by atoms with Crippen molar-refractivity contribution in [1.82, 2.24) is 5.32 Å². The van der Waals surface area contributed by atoms with E-state index in [2.05, 4.69) is 10.1 Å². The van der Waals surface area contributed by atoms with E-state index in [1.54, 1.807) is 6.26 Å². The Morgan fingerprint density at radius 1 is 0.868 bits per heavy atom. The zero-order chi connectivity index (χ0) is 27.6. The lowest BCUT2D eigenvalue weighted by atomic mass is 9.98. The predicted molar refractivity (Wildman–Crippen MR) is 131 cm³/mol. The highest BCUT2D eigenvalue weighted by Gasteiger charge is 2.40. The molecule has 1 N–H and O–H groups in total. The molecule has 5 nitrogen and oxygen atoms in total. The fraction of sp³-hybridized carbons (Fsp3) is 0.259. The Morgan fingerprint density at radius 3 is 1.89 bits per heavy atom. The van der Waals surface area contributed by atoms with E-state index < -0.39 is 52.4 Å². The Bertz CT molecular complexity index is 1330. The molecule has 0 saturated carbocycles. The number of thioether (sulfide) groups is 1. The van der Waals surface area contributed by atoms with Crippen LogP contribution in [-0.2, 0) is 9.53 Å². The molecule has 0 bridgehead atoms. The molecule has 3 aromatic rings. The third kappa shape index (κ3) is 5.07. The number of ether oxygens (including phenoxy) is 2. The average Bonchev–Trinajstić information content (AvgIpc) is 3.24. The topological polar surface area (TPSA) is 64.6 Å². The SMILES string of the molecule is CSCCC(C)(NC(=O)OCC1c2ccccc2-c2ccccc21)C(=O)Oc1c(F)c(F)c(F)c(F)c1F. The molecular formula is C27H22F5NO4S. The lowest BCUT2D eigenvalue weighted by molar-refractivity contribution is -0.141. The van der Waals surface area contributed by atoms with Crippen molar-refractivity contribution in [2.24, 2.45) is 0 Å². The molecule has 1 atom stereocenters. The quantitative estimate of drug-likeness (QED) is 0.116. The predicted octanol–water partition coefficient (Wildman–Crippen LogP) is 6.34. The van der Waals surface area contributed by atoms with E-state index in [1.807, 2.05) is 48.5 Å². The van der Waals surface area contributed by atoms with E-state index in [1.165, 1.54) is 18.7 Å². The molecule has 0 saturated heterocycles. The minimum atomic E-state index is -2.39. The van der Waals surface area contributed by atoms with Gasteiger partial charge in [0.25, 0.3) is 0 Å². The Labute approximate surface area is 219 Å². The first-order valence-electron chi connectivity index (χ1n) is 11.4. The molecule has 1 unspecified atom stereocenters. The van der Waals surface area contributed by atoms with Crippen LogP contribution in [0.25, 0.3) is 11.1 Å². The molecule has 0 heterocycles. The van der Waals surface area contributed by atoms with Gasteiger partial charge in [0, 0.05) is 5.92 Å². The number of benzene rings is 3. The van der Waals surface area contributed by atoms with Crippen molar-refractivity contribution in [3.05, 3.63) is 88.7 Å². The summed E-state index contributed by atoms with van der Waals surface area (Å²) in [4.78, 5) is 25.7. The van der Waals surface area contributed by atoms with E-state index in [9.17, 15) is 31.5 Å². The zero-order valence-corrected chi connectivity index (χ0v) is 21.1. The van der Waals surface area contributed by atoms with Gasteiger partial charge in [-0.15, -0.1) is 0 Å². The van der Waals surface area contributed by atoms with Crippen LogP contribution < -0.4 is 10.1 Å². The summed E-state index contributed by atoms with van der Waals surface area (Å²) in [5.41, 5.74) is 2.02. The second-order valence-corrected chi connectivity index (χ2v) is 9.80. The molecule has 1 aliphatic carbocycles. The lowest BCUT2D eigenvalue weighted by Crippen LogP contribution is -2.54. The zero-order valence-electron chi connectivity index (χ0n) is 20.2. The van der Waals surface area contributed by atoms with Gasteiger partial charge in [-0.05, 0) is 47.6 Å². The van der Waals surface area contributed by atoms with Gasteiger partial charge in [0.05, 0.1) is 0 Å². The highest BCUT2D eigenvalue weighted by Crippen LogP contribution is 2.44. The first kappa shape index (κ1) is 27.4. The second kappa shape index (κ2) is 11.0. The van der Waals surface area contributed by atoms with Crippen molar-refractivity contribution in [2.75, 3.05) is 18.6 Å². The van der Waals surface area contributed by atoms with Crippen molar-refractivity contribution in [1.29, 1.82) is 0 Å². The lowest BCUT2D eigenvalue weighted by Gasteiger charge is -2.28. The third-order valence-electron chi connectivity index (χ3n) is 6.34. The van der Waals surface area contributed by atoms with E-state index in [0.717, 1.165) is 22.3 Å². The van der Waals surface area contributed by atoms with Crippen LogP contribution in [0, 0.1) is 29.1 Å². The maximum Gasteiger partial charge on any atom is 0.408 e. The van der Waals surface area contributed by atoms with Gasteiger partial charge in [0.2, 0.25) is 34.8 Å². The number of amides is 1. The Hall–Kier alpha value is -3.60. The average molecular weight is 552 g/mol. The van der Waals surface area contributed by atoms with Gasteiger partial charge >= 0.3 is 12.1 Å². The van der Waals surface area contributed by atoms with Crippen LogP contribution in [0.4, 0.5) is 26.7 Å². The molecule has 1 aliphatic rings. The van der Waals surface area contributed by atoms with Crippen LogP contribution in [-0.4, -0.2) is 36.2 Å². The van der Waals surface area contributed by atoms with Gasteiger partial charge in [-0.3, -0.25) is 0 Å². The summed E-state index contributed by atoms with van der Waals surface area (Å²) >= 11 is 1.29. The number of hydrogen-bond donors (Lipinski definition) is 1. The monoisotopic (exact) mass is 551 g/mol. The number of esters is 1. The normalized spacial score (nSPS) is 13.9. The van der Waals surface area contributed by atoms with Crippen molar-refractivity contribution < 1.29 is 41.0 Å². The second-order valence-electron chi connectivity index (χ2n) is 8.81. The van der Waals surface area contributed by atoms with Crippen LogP contribution in [0.3, 0.4) is 0 Å². The fourth-order valence-electron chi connectivity index (χ4n) is 4.26. The Morgan fingerprint density at radius 2 is 1.37 bits per heavy atom. The number of halogens is 5. The minimum absolute atomic E-state index is 0.0782. The van der Waals surface area contributed by atoms with Gasteiger partial charge in [0.1, 0.15) is 12.1 Å². The molecular weight excluding hydrogens is 529 g/mol. The van der Waals surface area contributed by atoms with Gasteiger partial charge < -0.3 is 14.8 Å². The molecule has 200 valence electrons. The summed E-state index contributed by atoms with van der Waals surface area (Å²) in [5.74, 6) is -14.7. The fourth-order valence-corrected chi connectivity index (χ4v) is 4.87. The molecule has 0 aliphatic heterocycles. The molecule has 0 aromatic heterocycles. The summed E-state index contributed by atoms with van der Waals surface area (Å²) in [6.07, 6.45) is 0.597. The highest BCUT2D eigenvalue weighted by atomic mass is 32.2. The summed E-state index contributed by atoms with van der Waals surface area (Å²) in [7, 11) is 0. The number of fused-ring (bicyclic) bond motifs is 3. The summed E-state index contributed by atoms with van der Waals surface area (Å²) in [6, 6.07) is 15.3. The number of hydrogen-bond acceptors (Lipinski definition) is 5. The van der Waals surface area contributed by atoms with Crippen molar-refractivity contribution >= 4 is 23.8 Å². The van der Waals surface area contributed by atoms with Crippen molar-refractivity contribution in [2.45, 2.75) is 24.8 Å². The number of carbonyl (C=O) groups is 2. The van der Waals surface area contributed by atoms with Gasteiger partial charge in [-0.1, -0.05) is 48.5 Å². The molecule has 11 heteroatoms. The molecule has 0 radical (unpaired) electrons. The van der Waals surface area contributed by atoms with Crippen molar-refractivity contribution in [3.8, 4) is 16.9 Å². The van der Waals surface area contributed by atoms with E-state index in [0.29, 0.717) is 0 Å². The molecule has 0 spiro atoms. The first-order chi connectivity index (χ1) is 18.1. The molecule has 3 aromatic carbocycles. The molecule has 0 fully saturated rings. The highest BCUT2D eigenvalue weighted by molar-refractivity contribution is 7.98. The maximum absolute atomic E-state index is 14.1. The minimum Gasteiger partial charge on any atom is -0.449 e. The van der Waals surface area contributed by atoms with Gasteiger partial charge in [0.15, 0.2) is 0 Å².